The Bertz CT molecular complexity index is 3740. The summed E-state index contributed by atoms with van der Waals surface area (Å²) in [6, 6.07) is 87.9. The lowest BCUT2D eigenvalue weighted by Gasteiger charge is -2.16. The van der Waals surface area contributed by atoms with E-state index < -0.39 is 0 Å². The molecule has 0 spiro atoms. The van der Waals surface area contributed by atoms with Crippen LogP contribution in [0.3, 0.4) is 0 Å². The number of fused-ring (bicyclic) bond motifs is 7. The van der Waals surface area contributed by atoms with Crippen LogP contribution >= 0.6 is 0 Å². The summed E-state index contributed by atoms with van der Waals surface area (Å²) in [7, 11) is 0. The molecule has 0 saturated heterocycles. The summed E-state index contributed by atoms with van der Waals surface area (Å²) < 4.78 is 0. The molecule has 13 rings (SSSR count). The number of pyridine rings is 2. The summed E-state index contributed by atoms with van der Waals surface area (Å²) in [6.07, 6.45) is 0. The number of benzene rings is 11. The third-order valence-corrected chi connectivity index (χ3v) is 13.4. The highest BCUT2D eigenvalue weighted by Gasteiger charge is 2.18. The summed E-state index contributed by atoms with van der Waals surface area (Å²) in [5.74, 6) is 0. The van der Waals surface area contributed by atoms with Gasteiger partial charge in [-0.05, 0) is 136 Å². The maximum absolute atomic E-state index is 5.64. The van der Waals surface area contributed by atoms with Crippen LogP contribution in [-0.4, -0.2) is 9.97 Å². The first-order valence-corrected chi connectivity index (χ1v) is 22.6. The number of hydrogen-bond acceptors (Lipinski definition) is 2. The van der Waals surface area contributed by atoms with Crippen molar-refractivity contribution >= 4 is 64.9 Å². The molecule has 0 fully saturated rings. The second-order valence-electron chi connectivity index (χ2n) is 17.4. The van der Waals surface area contributed by atoms with Crippen molar-refractivity contribution in [3.8, 4) is 67.0 Å². The zero-order valence-electron chi connectivity index (χ0n) is 36.0. The first kappa shape index (κ1) is 37.8. The molecule has 0 aliphatic heterocycles. The monoisotopic (exact) mass is 836 g/mol. The van der Waals surface area contributed by atoms with Gasteiger partial charge >= 0.3 is 0 Å². The fourth-order valence-corrected chi connectivity index (χ4v) is 9.89. The van der Waals surface area contributed by atoms with Crippen LogP contribution in [0.25, 0.3) is 132 Å². The van der Waals surface area contributed by atoms with Crippen molar-refractivity contribution in [3.63, 3.8) is 0 Å². The van der Waals surface area contributed by atoms with Crippen LogP contribution in [0.15, 0.2) is 243 Å². The molecular formula is C64H40N2. The molecule has 2 heteroatoms. The minimum absolute atomic E-state index is 0.876. The van der Waals surface area contributed by atoms with Crippen LogP contribution in [-0.2, 0) is 0 Å². The van der Waals surface area contributed by atoms with Gasteiger partial charge in [0.25, 0.3) is 0 Å². The van der Waals surface area contributed by atoms with Gasteiger partial charge in [-0.15, -0.1) is 0 Å². The first-order valence-electron chi connectivity index (χ1n) is 22.6. The van der Waals surface area contributed by atoms with Gasteiger partial charge < -0.3 is 0 Å². The first-order chi connectivity index (χ1) is 32.6. The number of nitrogens with zero attached hydrogens (tertiary/aromatic N) is 2. The molecule has 306 valence electrons. The van der Waals surface area contributed by atoms with E-state index >= 15 is 0 Å². The molecule has 2 heterocycles. The number of aromatic nitrogens is 2. The third kappa shape index (κ3) is 6.67. The largest absolute Gasteiger partial charge is 0.245 e. The maximum atomic E-state index is 5.64. The summed E-state index contributed by atoms with van der Waals surface area (Å²) in [5.41, 5.74) is 15.0. The molecule has 0 amide bonds. The van der Waals surface area contributed by atoms with Crippen molar-refractivity contribution in [2.45, 2.75) is 0 Å². The highest BCUT2D eigenvalue weighted by molar-refractivity contribution is 6.14. The van der Waals surface area contributed by atoms with Gasteiger partial charge in [0, 0.05) is 21.9 Å². The molecule has 0 unspecified atom stereocenters. The molecule has 11 aromatic carbocycles. The zero-order valence-corrected chi connectivity index (χ0v) is 36.0. The second kappa shape index (κ2) is 15.5. The summed E-state index contributed by atoms with van der Waals surface area (Å²) >= 11 is 0. The van der Waals surface area contributed by atoms with E-state index in [9.17, 15) is 0 Å². The minimum atomic E-state index is 0.876. The summed E-state index contributed by atoms with van der Waals surface area (Å²) in [6.45, 7) is 0. The van der Waals surface area contributed by atoms with Gasteiger partial charge in [-0.3, -0.25) is 0 Å². The third-order valence-electron chi connectivity index (χ3n) is 13.4. The fraction of sp³-hybridized carbons (Fsp3) is 0. The Morgan fingerprint density at radius 2 is 0.500 bits per heavy atom. The van der Waals surface area contributed by atoms with Crippen LogP contribution in [0.1, 0.15) is 0 Å². The second-order valence-corrected chi connectivity index (χ2v) is 17.4. The van der Waals surface area contributed by atoms with E-state index in [0.29, 0.717) is 0 Å². The molecule has 0 atom stereocenters. The van der Waals surface area contributed by atoms with E-state index in [4.69, 9.17) is 9.97 Å². The zero-order chi connectivity index (χ0) is 43.6. The molecule has 0 bridgehead atoms. The molecular weight excluding hydrogens is 797 g/mol. The van der Waals surface area contributed by atoms with Gasteiger partial charge in [-0.25, -0.2) is 9.97 Å². The quantitative estimate of drug-likeness (QED) is 0.123. The van der Waals surface area contributed by atoms with E-state index in [-0.39, 0.29) is 0 Å². The highest BCUT2D eigenvalue weighted by atomic mass is 14.8. The SMILES string of the molecule is c1ccc(-c2ccc(-c3cc(-c4ccc5cc6ccccc6cc5c4)nc4c3ccc3c(-c5ccc(-c6ccccc6)cc5)cc(-c5ccc6cc7ccccc7cc6c5)nc34)cc2)cc1. The lowest BCUT2D eigenvalue weighted by Crippen LogP contribution is -1.96. The molecule has 0 aliphatic carbocycles. The Morgan fingerprint density at radius 3 is 0.894 bits per heavy atom. The van der Waals surface area contributed by atoms with Crippen molar-refractivity contribution in [1.29, 1.82) is 0 Å². The van der Waals surface area contributed by atoms with Crippen LogP contribution in [0, 0.1) is 0 Å². The molecule has 66 heavy (non-hydrogen) atoms. The molecule has 2 aromatic heterocycles. The lowest BCUT2D eigenvalue weighted by molar-refractivity contribution is 1.37. The Hall–Kier alpha value is -8.72. The average Bonchev–Trinajstić information content (AvgIpc) is 3.39. The normalized spacial score (nSPS) is 11.6. The Labute approximate surface area is 382 Å². The summed E-state index contributed by atoms with van der Waals surface area (Å²) in [4.78, 5) is 11.3. The van der Waals surface area contributed by atoms with E-state index in [0.717, 1.165) is 66.6 Å². The van der Waals surface area contributed by atoms with E-state index in [1.54, 1.807) is 0 Å². The van der Waals surface area contributed by atoms with Crippen molar-refractivity contribution in [1.82, 2.24) is 9.97 Å². The van der Waals surface area contributed by atoms with Crippen LogP contribution in [0.2, 0.25) is 0 Å². The molecule has 0 radical (unpaired) electrons. The number of rotatable bonds is 6. The standard InChI is InChI=1S/C64H40N2/c1-3-11-41(12-4-1)43-19-23-45(24-20-43)59-39-61(53-29-27-51-33-47-15-7-9-17-49(47)35-55(51)37-53)65-63-57(59)31-32-58-60(46-25-21-44(22-26-46)42-13-5-2-6-14-42)40-62(66-64(58)63)54-30-28-52-34-48-16-8-10-18-50(48)36-56(52)38-54/h1-40H. The van der Waals surface area contributed by atoms with Crippen LogP contribution < -0.4 is 0 Å². The summed E-state index contributed by atoms with van der Waals surface area (Å²) in [5, 5.41) is 11.8. The van der Waals surface area contributed by atoms with Crippen LogP contribution in [0.4, 0.5) is 0 Å². The Morgan fingerprint density at radius 1 is 0.197 bits per heavy atom. The van der Waals surface area contributed by atoms with Gasteiger partial charge in [-0.2, -0.15) is 0 Å². The lowest BCUT2D eigenvalue weighted by atomic mass is 9.92. The fourth-order valence-electron chi connectivity index (χ4n) is 9.89. The van der Waals surface area contributed by atoms with Crippen molar-refractivity contribution in [2.24, 2.45) is 0 Å². The van der Waals surface area contributed by atoms with Gasteiger partial charge in [-0.1, -0.05) is 194 Å². The molecule has 13 aromatic rings. The average molecular weight is 837 g/mol. The molecule has 0 N–H and O–H groups in total. The predicted octanol–water partition coefficient (Wildman–Crippen LogP) is 17.4. The minimum Gasteiger partial charge on any atom is -0.245 e. The van der Waals surface area contributed by atoms with Crippen molar-refractivity contribution in [3.05, 3.63) is 243 Å². The Kier molecular flexibility index (Phi) is 8.89. The van der Waals surface area contributed by atoms with Crippen LogP contribution in [0.5, 0.6) is 0 Å². The van der Waals surface area contributed by atoms with Crippen molar-refractivity contribution < 1.29 is 0 Å². The van der Waals surface area contributed by atoms with Gasteiger partial charge in [0.05, 0.1) is 22.4 Å². The van der Waals surface area contributed by atoms with Crippen molar-refractivity contribution in [2.75, 3.05) is 0 Å². The topological polar surface area (TPSA) is 25.8 Å². The molecule has 0 aliphatic rings. The molecule has 2 nitrogen and oxygen atoms in total. The number of hydrogen-bond donors (Lipinski definition) is 0. The highest BCUT2D eigenvalue weighted by Crippen LogP contribution is 2.41. The van der Waals surface area contributed by atoms with Gasteiger partial charge in [0.15, 0.2) is 0 Å². The van der Waals surface area contributed by atoms with E-state index in [2.05, 4.69) is 243 Å². The molecule has 0 saturated carbocycles. The van der Waals surface area contributed by atoms with E-state index in [1.165, 1.54) is 65.3 Å². The van der Waals surface area contributed by atoms with Gasteiger partial charge in [0.2, 0.25) is 0 Å². The predicted molar refractivity (Wildman–Crippen MR) is 280 cm³/mol. The smallest absolute Gasteiger partial charge is 0.0978 e. The van der Waals surface area contributed by atoms with Gasteiger partial charge in [0.1, 0.15) is 0 Å². The Balaban J connectivity index is 1.06. The maximum Gasteiger partial charge on any atom is 0.0978 e. The van der Waals surface area contributed by atoms with E-state index in [1.807, 2.05) is 0 Å².